The fourth-order valence-electron chi connectivity index (χ4n) is 6.85. The van der Waals surface area contributed by atoms with Gasteiger partial charge in [0.2, 0.25) is 10.0 Å². The molecule has 0 aliphatic heterocycles. The van der Waals surface area contributed by atoms with Gasteiger partial charge in [-0.05, 0) is 143 Å². The Morgan fingerprint density at radius 2 is 1.37 bits per heavy atom. The van der Waals surface area contributed by atoms with E-state index in [0.717, 1.165) is 28.7 Å². The number of methoxy groups -OCH3 is 3. The highest BCUT2D eigenvalue weighted by Gasteiger charge is 2.35. The lowest BCUT2D eigenvalue weighted by Crippen LogP contribution is -2.31. The van der Waals surface area contributed by atoms with Crippen molar-refractivity contribution in [3.63, 3.8) is 0 Å². The number of ether oxygens (including phenoxy) is 4. The molecule has 0 spiro atoms. The lowest BCUT2D eigenvalue weighted by Gasteiger charge is -2.28. The van der Waals surface area contributed by atoms with Gasteiger partial charge in [-0.25, -0.2) is 13.1 Å². The lowest BCUT2D eigenvalue weighted by atomic mass is 9.83. The van der Waals surface area contributed by atoms with Crippen molar-refractivity contribution in [1.82, 2.24) is 24.5 Å². The van der Waals surface area contributed by atoms with Crippen molar-refractivity contribution in [3.05, 3.63) is 118 Å². The second-order valence-electron chi connectivity index (χ2n) is 14.9. The van der Waals surface area contributed by atoms with Crippen LogP contribution in [0, 0.1) is 5.92 Å². The van der Waals surface area contributed by atoms with Crippen molar-refractivity contribution in [3.8, 4) is 28.6 Å². The molecule has 0 amide bonds. The molecule has 1 atom stereocenters. The zero-order valence-electron chi connectivity index (χ0n) is 33.1. The van der Waals surface area contributed by atoms with Gasteiger partial charge in [-0.1, -0.05) is 48.5 Å². The molecule has 1 aliphatic carbocycles. The minimum atomic E-state index is -4.31. The van der Waals surface area contributed by atoms with Crippen LogP contribution in [0.25, 0.3) is 17.0 Å². The highest BCUT2D eigenvalue weighted by Crippen LogP contribution is 2.43. The number of hydrogen-bond acceptors (Lipinski definition) is 10. The molecular weight excluding hydrogens is 810 g/mol. The van der Waals surface area contributed by atoms with Gasteiger partial charge in [0.05, 0.1) is 27.9 Å². The first-order valence-corrected chi connectivity index (χ1v) is 20.9. The first kappa shape index (κ1) is 41.6. The van der Waals surface area contributed by atoms with E-state index < -0.39 is 15.6 Å². The van der Waals surface area contributed by atoms with Crippen LogP contribution in [0.3, 0.4) is 0 Å². The van der Waals surface area contributed by atoms with E-state index in [1.807, 2.05) is 99.6 Å². The number of allylic oxidation sites excluding steroid dienone is 2. The number of esters is 1. The molecule has 0 N–H and O–H groups in total. The summed E-state index contributed by atoms with van der Waals surface area (Å²) in [5.41, 5.74) is 3.92. The third-order valence-electron chi connectivity index (χ3n) is 9.73. The van der Waals surface area contributed by atoms with Crippen LogP contribution in [0.1, 0.15) is 68.7 Å². The summed E-state index contributed by atoms with van der Waals surface area (Å²) >= 11 is 3.67. The summed E-state index contributed by atoms with van der Waals surface area (Å²) in [6, 6.07) is 25.9. The molecule has 1 aliphatic rings. The number of hydrogen-bond donors (Lipinski definition) is 0. The van der Waals surface area contributed by atoms with Crippen LogP contribution in [0.2, 0.25) is 0 Å². The van der Waals surface area contributed by atoms with Gasteiger partial charge in [0, 0.05) is 29.5 Å². The zero-order chi connectivity index (χ0) is 40.7. The van der Waals surface area contributed by atoms with E-state index >= 15 is 8.42 Å². The molecule has 6 rings (SSSR count). The Hall–Kier alpha value is -5.05. The van der Waals surface area contributed by atoms with Gasteiger partial charge >= 0.3 is 5.97 Å². The molecule has 0 radical (unpaired) electrons. The number of rotatable bonds is 15. The largest absolute Gasteiger partial charge is 0.497 e. The molecule has 57 heavy (non-hydrogen) atoms. The van der Waals surface area contributed by atoms with E-state index in [9.17, 15) is 4.79 Å². The van der Waals surface area contributed by atoms with Gasteiger partial charge in [-0.15, -0.1) is 5.10 Å². The summed E-state index contributed by atoms with van der Waals surface area (Å²) in [5.74, 6) is 2.20. The molecule has 0 fully saturated rings. The van der Waals surface area contributed by atoms with E-state index in [0.29, 0.717) is 57.9 Å². The smallest absolute Gasteiger partial charge is 0.306 e. The molecule has 14 heteroatoms. The van der Waals surface area contributed by atoms with Crippen LogP contribution >= 0.6 is 15.9 Å². The van der Waals surface area contributed by atoms with Crippen molar-refractivity contribution in [1.29, 1.82) is 0 Å². The van der Waals surface area contributed by atoms with Crippen LogP contribution in [-0.2, 0) is 39.2 Å². The number of halogens is 1. The predicted molar refractivity (Wildman–Crippen MR) is 221 cm³/mol. The van der Waals surface area contributed by atoms with Crippen LogP contribution in [0.4, 0.5) is 0 Å². The Morgan fingerprint density at radius 3 is 1.86 bits per heavy atom. The highest BCUT2D eigenvalue weighted by molar-refractivity contribution is 9.10. The Labute approximate surface area is 343 Å². The molecule has 4 aromatic carbocycles. The van der Waals surface area contributed by atoms with E-state index in [1.54, 1.807) is 32.1 Å². The summed E-state index contributed by atoms with van der Waals surface area (Å²) in [6.07, 6.45) is 4.37. The van der Waals surface area contributed by atoms with E-state index in [4.69, 9.17) is 18.9 Å². The molecular formula is C43H48BrN5O7S. The molecule has 0 bridgehead atoms. The molecule has 1 unspecified atom stereocenters. The van der Waals surface area contributed by atoms with Crippen molar-refractivity contribution in [2.75, 3.05) is 21.3 Å². The normalized spacial score (nSPS) is 14.6. The third-order valence-corrected chi connectivity index (χ3v) is 12.5. The number of carbonyl (C=O) groups is 1. The summed E-state index contributed by atoms with van der Waals surface area (Å²) < 4.78 is 56.1. The van der Waals surface area contributed by atoms with Gasteiger partial charge in [0.1, 0.15) is 27.7 Å². The van der Waals surface area contributed by atoms with Crippen molar-refractivity contribution >= 4 is 37.5 Å². The van der Waals surface area contributed by atoms with Gasteiger partial charge < -0.3 is 18.9 Å². The minimum absolute atomic E-state index is 0.0459. The van der Waals surface area contributed by atoms with Crippen molar-refractivity contribution in [2.24, 2.45) is 5.92 Å². The Bertz CT molecular complexity index is 2250. The minimum Gasteiger partial charge on any atom is -0.497 e. The lowest BCUT2D eigenvalue weighted by molar-refractivity contribution is -0.156. The summed E-state index contributed by atoms with van der Waals surface area (Å²) in [5, 5.41) is 12.9. The second-order valence-corrected chi connectivity index (χ2v) is 17.7. The van der Waals surface area contributed by atoms with Gasteiger partial charge in [-0.2, -0.15) is 4.31 Å². The first-order chi connectivity index (χ1) is 27.3. The predicted octanol–water partition coefficient (Wildman–Crippen LogP) is 8.48. The maximum atomic E-state index is 15.5. The monoisotopic (exact) mass is 857 g/mol. The summed E-state index contributed by atoms with van der Waals surface area (Å²) in [6.45, 7) is 6.00. The Morgan fingerprint density at radius 1 is 0.825 bits per heavy atom. The first-order valence-electron chi connectivity index (χ1n) is 18.7. The fraction of sp³-hybridized carbons (Fsp3) is 0.349. The maximum absolute atomic E-state index is 15.5. The summed E-state index contributed by atoms with van der Waals surface area (Å²) in [7, 11) is 0.479. The van der Waals surface area contributed by atoms with Gasteiger partial charge in [0.25, 0.3) is 0 Å². The average molecular weight is 859 g/mol. The molecule has 0 saturated carbocycles. The Balaban J connectivity index is 1.47. The Kier molecular flexibility index (Phi) is 13.2. The average Bonchev–Trinajstić information content (AvgIpc) is 3.65. The molecule has 300 valence electrons. The van der Waals surface area contributed by atoms with Crippen LogP contribution in [0.5, 0.6) is 17.2 Å². The SMILES string of the molecule is COc1ccc(CN(Cc2ccc(OC)cc2)S(=O)(=O)c2c(Br)ccc(C3=CCC(CC(=O)OC(C)(C)C)CC3)c2-c2nnnn2Cc2ccc(OC)cc2)cc1. The third kappa shape index (κ3) is 10.3. The number of tetrazole rings is 1. The number of sulfonamides is 1. The van der Waals surface area contributed by atoms with E-state index in [2.05, 4.69) is 37.5 Å². The fourth-order valence-corrected chi connectivity index (χ4v) is 9.47. The molecule has 1 aromatic heterocycles. The molecule has 12 nitrogen and oxygen atoms in total. The number of carbonyl (C=O) groups excluding carboxylic acids is 1. The molecule has 0 saturated heterocycles. The zero-order valence-corrected chi connectivity index (χ0v) is 35.5. The number of nitrogens with zero attached hydrogens (tertiary/aromatic N) is 5. The molecule has 1 heterocycles. The van der Waals surface area contributed by atoms with Crippen LogP contribution in [-0.4, -0.2) is 65.8 Å². The maximum Gasteiger partial charge on any atom is 0.306 e. The number of aromatic nitrogens is 4. The second kappa shape index (κ2) is 18.0. The quantitative estimate of drug-likeness (QED) is 0.0944. The topological polar surface area (TPSA) is 135 Å². The van der Waals surface area contributed by atoms with Gasteiger partial charge in [0.15, 0.2) is 5.82 Å². The van der Waals surface area contributed by atoms with Crippen LogP contribution in [0.15, 0.2) is 100 Å². The van der Waals surface area contributed by atoms with E-state index in [1.165, 1.54) is 4.31 Å². The molecule has 5 aromatic rings. The van der Waals surface area contributed by atoms with Gasteiger partial charge in [-0.3, -0.25) is 4.79 Å². The number of benzene rings is 4. The highest BCUT2D eigenvalue weighted by atomic mass is 79.9. The standard InChI is InChI=1S/C43H48BrN5O7S/c1-43(2,3)56-39(50)25-29-7-15-33(16-8-29)37-23-24-38(44)41(40(37)42-45-46-47-49(42)28-32-13-21-36(55-6)22-14-32)57(51,52)48(26-30-9-17-34(53-4)18-10-30)27-31-11-19-35(54-5)20-12-31/h9-15,17-24,29H,7-8,16,25-28H2,1-6H3. The van der Waals surface area contributed by atoms with Crippen molar-refractivity contribution < 1.29 is 32.2 Å². The van der Waals surface area contributed by atoms with E-state index in [-0.39, 0.29) is 36.4 Å². The van der Waals surface area contributed by atoms with Crippen LogP contribution < -0.4 is 14.2 Å². The van der Waals surface area contributed by atoms with Crippen molar-refractivity contribution in [2.45, 2.75) is 76.6 Å². The summed E-state index contributed by atoms with van der Waals surface area (Å²) in [4.78, 5) is 12.8.